The van der Waals surface area contributed by atoms with Gasteiger partial charge in [0.05, 0.1) is 22.3 Å². The average molecular weight is 453 g/mol. The van der Waals surface area contributed by atoms with Crippen LogP contribution in [0.25, 0.3) is 0 Å². The Balaban J connectivity index is 2.14. The number of halogens is 2. The Morgan fingerprint density at radius 2 is 1.80 bits per heavy atom. The highest BCUT2D eigenvalue weighted by atomic mass is 35.5. The first kappa shape index (κ1) is 24.1. The molecular formula is C22H30Cl2N4O2. The van der Waals surface area contributed by atoms with Crippen LogP contribution in [-0.2, 0) is 18.4 Å². The van der Waals surface area contributed by atoms with Crippen LogP contribution in [0.2, 0.25) is 10.0 Å². The zero-order valence-electron chi connectivity index (χ0n) is 18.0. The lowest BCUT2D eigenvalue weighted by atomic mass is 10.2. The summed E-state index contributed by atoms with van der Waals surface area (Å²) in [7, 11) is 1.96. The lowest BCUT2D eigenvalue weighted by molar-refractivity contribution is -0.132. The number of carbonyl (C=O) groups excluding carboxylic acids is 2. The Labute approximate surface area is 188 Å². The third-order valence-corrected chi connectivity index (χ3v) is 5.55. The van der Waals surface area contributed by atoms with Gasteiger partial charge in [-0.25, -0.2) is 4.79 Å². The molecule has 0 bridgehead atoms. The topological polar surface area (TPSA) is 57.6 Å². The van der Waals surface area contributed by atoms with E-state index in [4.69, 9.17) is 23.2 Å². The van der Waals surface area contributed by atoms with Crippen molar-refractivity contribution in [3.8, 4) is 0 Å². The number of aromatic nitrogens is 1. The molecule has 0 saturated heterocycles. The van der Waals surface area contributed by atoms with Gasteiger partial charge in [-0.15, -0.1) is 0 Å². The number of benzene rings is 1. The van der Waals surface area contributed by atoms with Gasteiger partial charge in [0.15, 0.2) is 0 Å². The highest BCUT2D eigenvalue weighted by Crippen LogP contribution is 2.30. The number of hydrogen-bond acceptors (Lipinski definition) is 2. The third kappa shape index (κ3) is 6.41. The molecule has 0 aliphatic rings. The van der Waals surface area contributed by atoms with Gasteiger partial charge in [-0.3, -0.25) is 4.79 Å². The van der Waals surface area contributed by atoms with E-state index in [9.17, 15) is 9.59 Å². The van der Waals surface area contributed by atoms with Crippen LogP contribution >= 0.6 is 23.2 Å². The highest BCUT2D eigenvalue weighted by molar-refractivity contribution is 6.39. The normalized spacial score (nSPS) is 10.9. The smallest absolute Gasteiger partial charge is 0.322 e. The predicted octanol–water partition coefficient (Wildman–Crippen LogP) is 5.40. The first-order chi connectivity index (χ1) is 14.2. The Morgan fingerprint density at radius 3 is 2.33 bits per heavy atom. The lowest BCUT2D eigenvalue weighted by Crippen LogP contribution is -2.47. The van der Waals surface area contributed by atoms with Gasteiger partial charge in [0.1, 0.15) is 6.54 Å². The number of unbranched alkanes of at least 4 members (excludes halogenated alkanes) is 1. The number of aryl methyl sites for hydroxylation is 1. The van der Waals surface area contributed by atoms with Crippen molar-refractivity contribution in [1.29, 1.82) is 0 Å². The Kier molecular flexibility index (Phi) is 9.06. The van der Waals surface area contributed by atoms with Crippen LogP contribution in [0, 0.1) is 0 Å². The largest absolute Gasteiger partial charge is 0.353 e. The fraction of sp³-hybridized carbons (Fsp3) is 0.455. The van der Waals surface area contributed by atoms with Crippen LogP contribution in [0.15, 0.2) is 36.5 Å². The van der Waals surface area contributed by atoms with Crippen LogP contribution < -0.4 is 5.32 Å². The van der Waals surface area contributed by atoms with Crippen molar-refractivity contribution in [3.05, 3.63) is 52.3 Å². The first-order valence-corrected chi connectivity index (χ1v) is 10.9. The molecule has 0 spiro atoms. The molecule has 1 N–H and O–H groups in total. The van der Waals surface area contributed by atoms with E-state index in [0.29, 0.717) is 28.8 Å². The average Bonchev–Trinajstić information content (AvgIpc) is 3.10. The van der Waals surface area contributed by atoms with Crippen LogP contribution in [0.5, 0.6) is 0 Å². The molecule has 0 aliphatic heterocycles. The molecule has 0 unspecified atom stereocenters. The number of anilines is 1. The van der Waals surface area contributed by atoms with Gasteiger partial charge in [-0.05, 0) is 44.5 Å². The maximum atomic E-state index is 13.1. The van der Waals surface area contributed by atoms with E-state index >= 15 is 0 Å². The third-order valence-electron chi connectivity index (χ3n) is 4.92. The maximum Gasteiger partial charge on any atom is 0.322 e. The molecule has 6 nitrogen and oxygen atoms in total. The van der Waals surface area contributed by atoms with E-state index < -0.39 is 6.03 Å². The van der Waals surface area contributed by atoms with E-state index in [-0.39, 0.29) is 18.5 Å². The van der Waals surface area contributed by atoms with E-state index in [1.807, 2.05) is 48.7 Å². The number of nitrogens with one attached hydrogen (secondary N) is 1. The molecule has 1 aromatic heterocycles. The minimum absolute atomic E-state index is 0.0281. The molecule has 2 rings (SSSR count). The van der Waals surface area contributed by atoms with E-state index in [0.717, 1.165) is 18.5 Å². The van der Waals surface area contributed by atoms with Gasteiger partial charge in [0.2, 0.25) is 5.91 Å². The molecule has 1 heterocycles. The number of rotatable bonds is 9. The summed E-state index contributed by atoms with van der Waals surface area (Å²) in [4.78, 5) is 29.4. The quantitative estimate of drug-likeness (QED) is 0.553. The highest BCUT2D eigenvalue weighted by Gasteiger charge is 2.25. The van der Waals surface area contributed by atoms with Crippen molar-refractivity contribution >= 4 is 40.8 Å². The van der Waals surface area contributed by atoms with Gasteiger partial charge < -0.3 is 19.7 Å². The SMILES string of the molecule is CCCCN(Cc1cccn1C)C(=O)CN(C(=O)Nc1c(Cl)cccc1Cl)C(C)C. The van der Waals surface area contributed by atoms with Gasteiger partial charge in [0, 0.05) is 31.5 Å². The van der Waals surface area contributed by atoms with E-state index in [2.05, 4.69) is 12.2 Å². The summed E-state index contributed by atoms with van der Waals surface area (Å²) in [6.45, 7) is 6.95. The number of hydrogen-bond donors (Lipinski definition) is 1. The molecule has 0 radical (unpaired) electrons. The summed E-state index contributed by atoms with van der Waals surface area (Å²) in [5.74, 6) is -0.0984. The second-order valence-electron chi connectivity index (χ2n) is 7.53. The van der Waals surface area contributed by atoms with Crippen LogP contribution in [0.1, 0.15) is 39.3 Å². The van der Waals surface area contributed by atoms with Gasteiger partial charge >= 0.3 is 6.03 Å². The van der Waals surface area contributed by atoms with Crippen LogP contribution in [0.3, 0.4) is 0 Å². The van der Waals surface area contributed by atoms with Gasteiger partial charge in [-0.1, -0.05) is 42.6 Å². The number of carbonyl (C=O) groups is 2. The number of para-hydroxylation sites is 1. The first-order valence-electron chi connectivity index (χ1n) is 10.1. The minimum Gasteiger partial charge on any atom is -0.353 e. The number of amides is 3. The molecule has 0 aliphatic carbocycles. The molecular weight excluding hydrogens is 423 g/mol. The van der Waals surface area contributed by atoms with Crippen molar-refractivity contribution < 1.29 is 9.59 Å². The summed E-state index contributed by atoms with van der Waals surface area (Å²) in [5.41, 5.74) is 1.39. The summed E-state index contributed by atoms with van der Waals surface area (Å²) >= 11 is 12.3. The maximum absolute atomic E-state index is 13.1. The van der Waals surface area contributed by atoms with Crippen molar-refractivity contribution in [1.82, 2.24) is 14.4 Å². The minimum atomic E-state index is -0.414. The second-order valence-corrected chi connectivity index (χ2v) is 8.34. The summed E-state index contributed by atoms with van der Waals surface area (Å²) < 4.78 is 2.00. The molecule has 0 fully saturated rings. The molecule has 8 heteroatoms. The molecule has 2 aromatic rings. The fourth-order valence-electron chi connectivity index (χ4n) is 3.03. The van der Waals surface area contributed by atoms with Crippen molar-refractivity contribution in [3.63, 3.8) is 0 Å². The standard InChI is InChI=1S/C22H30Cl2N4O2/c1-5-6-13-27(14-17-9-8-12-26(17)4)20(29)15-28(16(2)3)22(30)25-21-18(23)10-7-11-19(21)24/h7-12,16H,5-6,13-15H2,1-4H3,(H,25,30). The fourth-order valence-corrected chi connectivity index (χ4v) is 3.52. The predicted molar refractivity (Wildman–Crippen MR) is 123 cm³/mol. The summed E-state index contributed by atoms with van der Waals surface area (Å²) in [5, 5.41) is 3.44. The Bertz CT molecular complexity index is 846. The zero-order chi connectivity index (χ0) is 22.3. The Morgan fingerprint density at radius 1 is 1.13 bits per heavy atom. The van der Waals surface area contributed by atoms with Crippen molar-refractivity contribution in [2.75, 3.05) is 18.4 Å². The Hall–Kier alpha value is -2.18. The van der Waals surface area contributed by atoms with E-state index in [1.165, 1.54) is 4.90 Å². The molecule has 164 valence electrons. The second kappa shape index (κ2) is 11.3. The molecule has 30 heavy (non-hydrogen) atoms. The van der Waals surface area contributed by atoms with Crippen molar-refractivity contribution in [2.45, 2.75) is 46.2 Å². The summed E-state index contributed by atoms with van der Waals surface area (Å²) in [6.07, 6.45) is 3.84. The van der Waals surface area contributed by atoms with Crippen LogP contribution in [0.4, 0.5) is 10.5 Å². The van der Waals surface area contributed by atoms with Crippen LogP contribution in [-0.4, -0.2) is 45.4 Å². The van der Waals surface area contributed by atoms with Gasteiger partial charge in [0.25, 0.3) is 0 Å². The molecule has 0 saturated carbocycles. The number of nitrogens with zero attached hydrogens (tertiary/aromatic N) is 3. The monoisotopic (exact) mass is 452 g/mol. The summed E-state index contributed by atoms with van der Waals surface area (Å²) in [6, 6.07) is 8.37. The lowest BCUT2D eigenvalue weighted by Gasteiger charge is -2.30. The van der Waals surface area contributed by atoms with E-state index in [1.54, 1.807) is 18.2 Å². The molecule has 0 atom stereocenters. The molecule has 1 aromatic carbocycles. The number of urea groups is 1. The van der Waals surface area contributed by atoms with Crippen molar-refractivity contribution in [2.24, 2.45) is 7.05 Å². The zero-order valence-corrected chi connectivity index (χ0v) is 19.5. The molecule has 3 amide bonds. The van der Waals surface area contributed by atoms with Gasteiger partial charge in [-0.2, -0.15) is 0 Å².